The largest absolute Gasteiger partial charge is 0.491 e. The Balaban J connectivity index is 2.16. The smallest absolute Gasteiger partial charge is 0.119 e. The highest BCUT2D eigenvalue weighted by Gasteiger charge is 2.50. The van der Waals surface area contributed by atoms with Gasteiger partial charge in [-0.3, -0.25) is 0 Å². The minimum atomic E-state index is -0.199. The van der Waals surface area contributed by atoms with E-state index in [9.17, 15) is 5.26 Å². The van der Waals surface area contributed by atoms with E-state index in [2.05, 4.69) is 23.5 Å². The van der Waals surface area contributed by atoms with E-state index in [-0.39, 0.29) is 17.6 Å². The van der Waals surface area contributed by atoms with Crippen molar-refractivity contribution >= 4 is 0 Å². The summed E-state index contributed by atoms with van der Waals surface area (Å²) in [7, 11) is 1.92. The maximum atomic E-state index is 9.28. The zero-order chi connectivity index (χ0) is 13.2. The van der Waals surface area contributed by atoms with Crippen LogP contribution in [0.4, 0.5) is 0 Å². The molecule has 1 unspecified atom stereocenters. The first-order valence-corrected chi connectivity index (χ1v) is 6.46. The van der Waals surface area contributed by atoms with Crippen molar-refractivity contribution in [3.05, 3.63) is 29.8 Å². The van der Waals surface area contributed by atoms with Crippen molar-refractivity contribution in [1.82, 2.24) is 5.32 Å². The van der Waals surface area contributed by atoms with E-state index in [0.29, 0.717) is 0 Å². The second-order valence-electron chi connectivity index (χ2n) is 5.23. The molecule has 0 spiro atoms. The zero-order valence-electron chi connectivity index (χ0n) is 11.2. The Morgan fingerprint density at radius 2 is 1.89 bits per heavy atom. The van der Waals surface area contributed by atoms with Gasteiger partial charge in [0.1, 0.15) is 5.75 Å². The summed E-state index contributed by atoms with van der Waals surface area (Å²) in [6, 6.07) is 10.6. The van der Waals surface area contributed by atoms with E-state index < -0.39 is 0 Å². The molecule has 1 aliphatic carbocycles. The highest BCUT2D eigenvalue weighted by atomic mass is 16.5. The van der Waals surface area contributed by atoms with E-state index in [1.54, 1.807) is 0 Å². The molecule has 96 valence electrons. The Morgan fingerprint density at radius 1 is 1.28 bits per heavy atom. The van der Waals surface area contributed by atoms with Crippen molar-refractivity contribution in [2.75, 3.05) is 7.05 Å². The predicted molar refractivity (Wildman–Crippen MR) is 71.3 cm³/mol. The van der Waals surface area contributed by atoms with Crippen molar-refractivity contribution in [3.63, 3.8) is 0 Å². The zero-order valence-corrected chi connectivity index (χ0v) is 11.2. The van der Waals surface area contributed by atoms with Crippen LogP contribution < -0.4 is 10.1 Å². The van der Waals surface area contributed by atoms with Gasteiger partial charge in [0.25, 0.3) is 0 Å². The minimum Gasteiger partial charge on any atom is -0.491 e. The molecular formula is C15H20N2O. The fraction of sp³-hybridized carbons (Fsp3) is 0.533. The summed E-state index contributed by atoms with van der Waals surface area (Å²) in [5, 5.41) is 12.5. The summed E-state index contributed by atoms with van der Waals surface area (Å²) in [5.74, 6) is 0.880. The molecule has 0 heterocycles. The third kappa shape index (κ3) is 2.49. The Labute approximate surface area is 109 Å². The first-order chi connectivity index (χ1) is 8.61. The van der Waals surface area contributed by atoms with Gasteiger partial charge in [0.05, 0.1) is 23.6 Å². The summed E-state index contributed by atoms with van der Waals surface area (Å²) >= 11 is 0. The van der Waals surface area contributed by atoms with Crippen LogP contribution in [-0.4, -0.2) is 13.2 Å². The molecule has 0 bridgehead atoms. The molecule has 1 atom stereocenters. The summed E-state index contributed by atoms with van der Waals surface area (Å²) in [4.78, 5) is 0. The molecule has 2 rings (SSSR count). The number of rotatable bonds is 5. The van der Waals surface area contributed by atoms with Gasteiger partial charge in [0.15, 0.2) is 0 Å². The molecule has 1 aromatic rings. The lowest BCUT2D eigenvalue weighted by atomic mass is 9.91. The molecule has 0 saturated heterocycles. The number of benzene rings is 1. The predicted octanol–water partition coefficient (Wildman–Crippen LogP) is 3.04. The fourth-order valence-electron chi connectivity index (χ4n) is 2.37. The standard InChI is InChI=1S/C15H20N2O/c1-11(2)18-13-6-4-12(5-7-13)14(17-3)15(10-16)8-9-15/h4-7,11,14,17H,8-9H2,1-3H3. The normalized spacial score (nSPS) is 18.2. The van der Waals surface area contributed by atoms with Gasteiger partial charge in [0.2, 0.25) is 0 Å². The van der Waals surface area contributed by atoms with Crippen LogP contribution in [0.1, 0.15) is 38.3 Å². The van der Waals surface area contributed by atoms with Crippen LogP contribution in [-0.2, 0) is 0 Å². The van der Waals surface area contributed by atoms with Crippen molar-refractivity contribution in [3.8, 4) is 11.8 Å². The summed E-state index contributed by atoms with van der Waals surface area (Å²) in [6.45, 7) is 4.03. The van der Waals surface area contributed by atoms with E-state index >= 15 is 0 Å². The number of nitriles is 1. The Morgan fingerprint density at radius 3 is 2.28 bits per heavy atom. The SMILES string of the molecule is CNC(c1ccc(OC(C)C)cc1)C1(C#N)CC1. The second-order valence-corrected chi connectivity index (χ2v) is 5.23. The van der Waals surface area contributed by atoms with Crippen molar-refractivity contribution in [2.45, 2.75) is 38.8 Å². The van der Waals surface area contributed by atoms with Gasteiger partial charge in [-0.15, -0.1) is 0 Å². The van der Waals surface area contributed by atoms with E-state index in [4.69, 9.17) is 4.74 Å². The molecule has 0 amide bonds. The van der Waals surface area contributed by atoms with Gasteiger partial charge in [-0.2, -0.15) is 5.26 Å². The molecule has 1 N–H and O–H groups in total. The highest BCUT2D eigenvalue weighted by Crippen LogP contribution is 2.54. The maximum Gasteiger partial charge on any atom is 0.119 e. The molecule has 0 aromatic heterocycles. The minimum absolute atomic E-state index is 0.121. The third-order valence-corrected chi connectivity index (χ3v) is 3.44. The van der Waals surface area contributed by atoms with Crippen LogP contribution in [0, 0.1) is 16.7 Å². The van der Waals surface area contributed by atoms with Crippen molar-refractivity contribution in [1.29, 1.82) is 5.26 Å². The van der Waals surface area contributed by atoms with Gasteiger partial charge in [-0.1, -0.05) is 12.1 Å². The van der Waals surface area contributed by atoms with Crippen LogP contribution in [0.5, 0.6) is 5.75 Å². The van der Waals surface area contributed by atoms with Crippen LogP contribution in [0.2, 0.25) is 0 Å². The summed E-state index contributed by atoms with van der Waals surface area (Å²) in [6.07, 6.45) is 2.16. The topological polar surface area (TPSA) is 45.0 Å². The average Bonchev–Trinajstić information content (AvgIpc) is 3.13. The molecule has 1 aromatic carbocycles. The van der Waals surface area contributed by atoms with E-state index in [1.807, 2.05) is 33.0 Å². The molecule has 3 heteroatoms. The van der Waals surface area contributed by atoms with Crippen LogP contribution in [0.25, 0.3) is 0 Å². The number of hydrogen-bond donors (Lipinski definition) is 1. The monoisotopic (exact) mass is 244 g/mol. The summed E-state index contributed by atoms with van der Waals surface area (Å²) in [5.41, 5.74) is 0.961. The molecule has 18 heavy (non-hydrogen) atoms. The fourth-order valence-corrected chi connectivity index (χ4v) is 2.37. The lowest BCUT2D eigenvalue weighted by Gasteiger charge is -2.21. The number of ether oxygens (including phenoxy) is 1. The number of hydrogen-bond acceptors (Lipinski definition) is 3. The summed E-state index contributed by atoms with van der Waals surface area (Å²) < 4.78 is 5.62. The number of nitrogens with one attached hydrogen (secondary N) is 1. The Kier molecular flexibility index (Phi) is 3.58. The van der Waals surface area contributed by atoms with Gasteiger partial charge < -0.3 is 10.1 Å². The average molecular weight is 244 g/mol. The Hall–Kier alpha value is -1.53. The van der Waals surface area contributed by atoms with Crippen molar-refractivity contribution < 1.29 is 4.74 Å². The van der Waals surface area contributed by atoms with Crippen LogP contribution >= 0.6 is 0 Å². The lowest BCUT2D eigenvalue weighted by molar-refractivity contribution is 0.242. The van der Waals surface area contributed by atoms with Gasteiger partial charge in [-0.25, -0.2) is 0 Å². The molecule has 3 nitrogen and oxygen atoms in total. The van der Waals surface area contributed by atoms with Crippen LogP contribution in [0.3, 0.4) is 0 Å². The van der Waals surface area contributed by atoms with E-state index in [0.717, 1.165) is 24.2 Å². The molecule has 1 fully saturated rings. The molecule has 0 radical (unpaired) electrons. The molecule has 1 saturated carbocycles. The third-order valence-electron chi connectivity index (χ3n) is 3.44. The first-order valence-electron chi connectivity index (χ1n) is 6.46. The maximum absolute atomic E-state index is 9.28. The number of nitrogens with zero attached hydrogens (tertiary/aromatic N) is 1. The van der Waals surface area contributed by atoms with Gasteiger partial charge >= 0.3 is 0 Å². The Bertz CT molecular complexity index is 441. The van der Waals surface area contributed by atoms with Crippen LogP contribution in [0.15, 0.2) is 24.3 Å². The van der Waals surface area contributed by atoms with Crippen molar-refractivity contribution in [2.24, 2.45) is 5.41 Å². The second kappa shape index (κ2) is 4.99. The van der Waals surface area contributed by atoms with E-state index in [1.165, 1.54) is 0 Å². The molecule has 1 aliphatic rings. The highest BCUT2D eigenvalue weighted by molar-refractivity contribution is 5.33. The van der Waals surface area contributed by atoms with Gasteiger partial charge in [-0.05, 0) is 51.4 Å². The lowest BCUT2D eigenvalue weighted by Crippen LogP contribution is -2.25. The molecular weight excluding hydrogens is 224 g/mol. The quantitative estimate of drug-likeness (QED) is 0.866. The van der Waals surface area contributed by atoms with Gasteiger partial charge in [0, 0.05) is 0 Å². The molecule has 0 aliphatic heterocycles. The first kappa shape index (κ1) is 12.9.